The molecule has 0 aromatic heterocycles. The molecule has 31 heavy (non-hydrogen) atoms. The normalized spacial score (nSPS) is 17.9. The van der Waals surface area contributed by atoms with Gasteiger partial charge < -0.3 is 0 Å². The maximum atomic E-state index is 12.0. The number of hydrogen-bond donors (Lipinski definition) is 2. The summed E-state index contributed by atoms with van der Waals surface area (Å²) in [6, 6.07) is 27.1. The Kier molecular flexibility index (Phi) is 6.90. The molecule has 4 rings (SSSR count). The molecule has 0 saturated carbocycles. The molecule has 158 valence electrons. The number of carbonyl (C=O) groups excluding carboxylic acids is 2. The van der Waals surface area contributed by atoms with Gasteiger partial charge in [-0.1, -0.05) is 94.4 Å². The van der Waals surface area contributed by atoms with Crippen LogP contribution in [0.5, 0.6) is 0 Å². The Balaban J connectivity index is 1.60. The van der Waals surface area contributed by atoms with Crippen molar-refractivity contribution in [2.75, 3.05) is 0 Å². The van der Waals surface area contributed by atoms with Crippen molar-refractivity contribution in [3.8, 4) is 0 Å². The Bertz CT molecular complexity index is 1070. The van der Waals surface area contributed by atoms with E-state index in [2.05, 4.69) is 82.0 Å². The summed E-state index contributed by atoms with van der Waals surface area (Å²) in [5.74, 6) is -0.206. The van der Waals surface area contributed by atoms with E-state index < -0.39 is 0 Å². The lowest BCUT2D eigenvalue weighted by Gasteiger charge is -2.25. The summed E-state index contributed by atoms with van der Waals surface area (Å²) in [4.78, 5) is 23.5. The molecule has 2 amide bonds. The molecule has 0 spiro atoms. The predicted molar refractivity (Wildman–Crippen MR) is 129 cm³/mol. The van der Waals surface area contributed by atoms with E-state index in [0.29, 0.717) is 6.42 Å². The van der Waals surface area contributed by atoms with E-state index in [-0.39, 0.29) is 28.5 Å². The molecule has 6 heteroatoms. The summed E-state index contributed by atoms with van der Waals surface area (Å²) in [5.41, 5.74) is 4.55. The van der Waals surface area contributed by atoms with Crippen LogP contribution in [0.25, 0.3) is 0 Å². The van der Waals surface area contributed by atoms with Gasteiger partial charge in [-0.25, -0.2) is 0 Å². The van der Waals surface area contributed by atoms with E-state index in [0.717, 1.165) is 27.4 Å². The highest BCUT2D eigenvalue weighted by Crippen LogP contribution is 2.29. The van der Waals surface area contributed by atoms with E-state index in [1.54, 1.807) is 0 Å². The van der Waals surface area contributed by atoms with Crippen LogP contribution in [0.1, 0.15) is 41.3 Å². The molecule has 3 aromatic rings. The van der Waals surface area contributed by atoms with Gasteiger partial charge >= 0.3 is 0 Å². The molecule has 0 aliphatic carbocycles. The SMILES string of the molecule is C[C@@H](NC(c1ccccc1)c1cccc(CC2SC(=O)NC2=O)c1)c1ccc(Br)cc1. The number of halogens is 1. The average molecular weight is 495 g/mol. The first kappa shape index (κ1) is 21.8. The summed E-state index contributed by atoms with van der Waals surface area (Å²) >= 11 is 4.57. The highest BCUT2D eigenvalue weighted by molar-refractivity contribution is 9.10. The predicted octanol–water partition coefficient (Wildman–Crippen LogP) is 5.78. The van der Waals surface area contributed by atoms with Crippen molar-refractivity contribution < 1.29 is 9.59 Å². The van der Waals surface area contributed by atoms with E-state index in [1.165, 1.54) is 11.1 Å². The highest BCUT2D eigenvalue weighted by Gasteiger charge is 2.31. The Morgan fingerprint density at radius 1 is 0.935 bits per heavy atom. The van der Waals surface area contributed by atoms with Crippen LogP contribution in [0.15, 0.2) is 83.3 Å². The third kappa shape index (κ3) is 5.45. The maximum absolute atomic E-state index is 12.0. The van der Waals surface area contributed by atoms with E-state index >= 15 is 0 Å². The van der Waals surface area contributed by atoms with Crippen LogP contribution in [-0.2, 0) is 11.2 Å². The van der Waals surface area contributed by atoms with Crippen molar-refractivity contribution in [1.29, 1.82) is 0 Å². The van der Waals surface area contributed by atoms with Gasteiger partial charge in [-0.05, 0) is 47.7 Å². The smallest absolute Gasteiger partial charge is 0.286 e. The highest BCUT2D eigenvalue weighted by atomic mass is 79.9. The molecule has 2 unspecified atom stereocenters. The fourth-order valence-electron chi connectivity index (χ4n) is 3.77. The number of hydrogen-bond acceptors (Lipinski definition) is 4. The minimum Gasteiger partial charge on any atom is -0.300 e. The molecular formula is C25H23BrN2O2S. The van der Waals surface area contributed by atoms with Crippen molar-refractivity contribution in [2.24, 2.45) is 0 Å². The lowest BCUT2D eigenvalue weighted by atomic mass is 9.94. The molecule has 4 nitrogen and oxygen atoms in total. The number of imide groups is 1. The molecule has 1 aliphatic rings. The number of rotatable bonds is 7. The molecule has 3 atom stereocenters. The van der Waals surface area contributed by atoms with Crippen LogP contribution in [-0.4, -0.2) is 16.4 Å². The zero-order chi connectivity index (χ0) is 21.8. The number of nitrogens with one attached hydrogen (secondary N) is 2. The van der Waals surface area contributed by atoms with Gasteiger partial charge in [0.2, 0.25) is 5.91 Å². The van der Waals surface area contributed by atoms with Gasteiger partial charge in [0.05, 0.1) is 11.3 Å². The summed E-state index contributed by atoms with van der Waals surface area (Å²) in [5, 5.41) is 5.50. The second kappa shape index (κ2) is 9.81. The Labute approximate surface area is 195 Å². The maximum Gasteiger partial charge on any atom is 0.286 e. The molecule has 1 aliphatic heterocycles. The first-order chi connectivity index (χ1) is 15.0. The number of benzene rings is 3. The lowest BCUT2D eigenvalue weighted by molar-refractivity contribution is -0.118. The molecular weight excluding hydrogens is 472 g/mol. The van der Waals surface area contributed by atoms with E-state index in [9.17, 15) is 9.59 Å². The van der Waals surface area contributed by atoms with Gasteiger partial charge in [-0.15, -0.1) is 0 Å². The molecule has 3 aromatic carbocycles. The Morgan fingerprint density at radius 3 is 2.32 bits per heavy atom. The number of amides is 2. The molecule has 1 fully saturated rings. The zero-order valence-corrected chi connectivity index (χ0v) is 19.4. The first-order valence-electron chi connectivity index (χ1n) is 10.2. The van der Waals surface area contributed by atoms with Gasteiger partial charge in [0.1, 0.15) is 0 Å². The van der Waals surface area contributed by atoms with Crippen LogP contribution >= 0.6 is 27.7 Å². The fourth-order valence-corrected chi connectivity index (χ4v) is 4.89. The lowest BCUT2D eigenvalue weighted by Crippen LogP contribution is -2.26. The Hall–Kier alpha value is -2.41. The van der Waals surface area contributed by atoms with Gasteiger partial charge in [0.15, 0.2) is 0 Å². The summed E-state index contributed by atoms with van der Waals surface area (Å²) in [6.45, 7) is 2.16. The largest absolute Gasteiger partial charge is 0.300 e. The van der Waals surface area contributed by atoms with Gasteiger partial charge in [-0.2, -0.15) is 0 Å². The standard InChI is InChI=1S/C25H23BrN2O2S/c1-16(18-10-12-21(26)13-11-18)27-23(19-7-3-2-4-8-19)20-9-5-6-17(14-20)15-22-24(29)28-25(30)31-22/h2-14,16,22-23,27H,15H2,1H3,(H,28,29,30)/t16-,22?,23?/m1/s1. The van der Waals surface area contributed by atoms with Crippen molar-refractivity contribution in [3.05, 3.63) is 106 Å². The molecule has 0 bridgehead atoms. The quantitative estimate of drug-likeness (QED) is 0.436. The van der Waals surface area contributed by atoms with Crippen LogP contribution in [0.3, 0.4) is 0 Å². The minimum atomic E-state index is -0.368. The zero-order valence-electron chi connectivity index (χ0n) is 17.0. The van der Waals surface area contributed by atoms with Gasteiger partial charge in [0.25, 0.3) is 5.24 Å². The average Bonchev–Trinajstić information content (AvgIpc) is 3.09. The van der Waals surface area contributed by atoms with Gasteiger partial charge in [-0.3, -0.25) is 20.2 Å². The van der Waals surface area contributed by atoms with Crippen molar-refractivity contribution in [1.82, 2.24) is 10.6 Å². The molecule has 1 heterocycles. The first-order valence-corrected chi connectivity index (χ1v) is 11.8. The van der Waals surface area contributed by atoms with Crippen LogP contribution in [0, 0.1) is 0 Å². The topological polar surface area (TPSA) is 58.2 Å². The number of carbonyl (C=O) groups is 2. The Morgan fingerprint density at radius 2 is 1.65 bits per heavy atom. The number of thioether (sulfide) groups is 1. The molecule has 1 saturated heterocycles. The van der Waals surface area contributed by atoms with Crippen LogP contribution < -0.4 is 10.6 Å². The van der Waals surface area contributed by atoms with Crippen LogP contribution in [0.4, 0.5) is 4.79 Å². The summed E-state index contributed by atoms with van der Waals surface area (Å²) in [6.07, 6.45) is 0.528. The second-order valence-corrected chi connectivity index (χ2v) is 9.71. The second-order valence-electron chi connectivity index (χ2n) is 7.62. The third-order valence-corrected chi connectivity index (χ3v) is 6.90. The van der Waals surface area contributed by atoms with Crippen LogP contribution in [0.2, 0.25) is 0 Å². The monoisotopic (exact) mass is 494 g/mol. The molecule has 2 N–H and O–H groups in total. The van der Waals surface area contributed by atoms with E-state index in [4.69, 9.17) is 0 Å². The van der Waals surface area contributed by atoms with Crippen molar-refractivity contribution in [2.45, 2.75) is 30.7 Å². The minimum absolute atomic E-state index is 0.00788. The molecule has 0 radical (unpaired) electrons. The van der Waals surface area contributed by atoms with Gasteiger partial charge in [0, 0.05) is 10.5 Å². The summed E-state index contributed by atoms with van der Waals surface area (Å²) < 4.78 is 1.06. The van der Waals surface area contributed by atoms with Crippen molar-refractivity contribution >= 4 is 38.8 Å². The van der Waals surface area contributed by atoms with E-state index in [1.807, 2.05) is 30.3 Å². The van der Waals surface area contributed by atoms with Crippen molar-refractivity contribution in [3.63, 3.8) is 0 Å². The third-order valence-electron chi connectivity index (χ3n) is 5.39. The fraction of sp³-hybridized carbons (Fsp3) is 0.200. The summed E-state index contributed by atoms with van der Waals surface area (Å²) in [7, 11) is 0.